The summed E-state index contributed by atoms with van der Waals surface area (Å²) in [6.07, 6.45) is 0.376. The maximum Gasteiger partial charge on any atom is 0.228 e. The minimum Gasteiger partial charge on any atom is -0.340 e. The number of hydrogen-bond donors (Lipinski definition) is 0. The van der Waals surface area contributed by atoms with Crippen LogP contribution in [0.2, 0.25) is 0 Å². The first-order valence-corrected chi connectivity index (χ1v) is 8.89. The number of rotatable bonds is 4. The first kappa shape index (κ1) is 17.0. The lowest BCUT2D eigenvalue weighted by molar-refractivity contribution is -0.137. The van der Waals surface area contributed by atoms with Crippen molar-refractivity contribution >= 4 is 11.8 Å². The van der Waals surface area contributed by atoms with Gasteiger partial charge in [0, 0.05) is 51.7 Å². The topological polar surface area (TPSA) is 43.9 Å². The van der Waals surface area contributed by atoms with Crippen LogP contribution >= 0.6 is 0 Å². The lowest BCUT2D eigenvalue weighted by Gasteiger charge is -2.36. The second-order valence-electron chi connectivity index (χ2n) is 7.13. The van der Waals surface area contributed by atoms with Crippen LogP contribution in [0.3, 0.4) is 0 Å². The molecule has 2 amide bonds. The molecule has 2 aliphatic rings. The van der Waals surface area contributed by atoms with E-state index in [-0.39, 0.29) is 23.8 Å². The van der Waals surface area contributed by atoms with Crippen LogP contribution in [0.5, 0.6) is 0 Å². The quantitative estimate of drug-likeness (QED) is 0.842. The van der Waals surface area contributed by atoms with Gasteiger partial charge in [-0.05, 0) is 19.4 Å². The first-order chi connectivity index (χ1) is 11.5. The van der Waals surface area contributed by atoms with E-state index in [9.17, 15) is 9.59 Å². The Balaban J connectivity index is 1.50. The van der Waals surface area contributed by atoms with Crippen molar-refractivity contribution in [2.24, 2.45) is 5.92 Å². The zero-order valence-electron chi connectivity index (χ0n) is 14.6. The molecule has 0 spiro atoms. The van der Waals surface area contributed by atoms with E-state index in [1.165, 1.54) is 5.56 Å². The normalized spacial score (nSPS) is 22.5. The summed E-state index contributed by atoms with van der Waals surface area (Å²) >= 11 is 0. The Kier molecular flexibility index (Phi) is 5.19. The van der Waals surface area contributed by atoms with Gasteiger partial charge in [-0.15, -0.1) is 0 Å². The van der Waals surface area contributed by atoms with E-state index in [0.717, 1.165) is 32.7 Å². The standard InChI is InChI=1S/C19H27N3O2/c1-15(2)22-14-17(12-18(22)23)19(24)21-10-8-20(9-11-21)13-16-6-4-3-5-7-16/h3-7,15,17H,8-14H2,1-2H3/t17-/m1/s1. The van der Waals surface area contributed by atoms with Crippen molar-refractivity contribution in [3.05, 3.63) is 35.9 Å². The van der Waals surface area contributed by atoms with Crippen molar-refractivity contribution in [1.29, 1.82) is 0 Å². The van der Waals surface area contributed by atoms with Crippen LogP contribution in [0.1, 0.15) is 25.8 Å². The summed E-state index contributed by atoms with van der Waals surface area (Å²) < 4.78 is 0. The van der Waals surface area contributed by atoms with Gasteiger partial charge >= 0.3 is 0 Å². The molecule has 2 fully saturated rings. The molecule has 2 aliphatic heterocycles. The molecule has 0 bridgehead atoms. The highest BCUT2D eigenvalue weighted by molar-refractivity contribution is 5.89. The van der Waals surface area contributed by atoms with Crippen LogP contribution in [0.15, 0.2) is 30.3 Å². The average Bonchev–Trinajstić information content (AvgIpc) is 2.98. The van der Waals surface area contributed by atoms with Crippen LogP contribution in [0.4, 0.5) is 0 Å². The lowest BCUT2D eigenvalue weighted by atomic mass is 10.1. The van der Waals surface area contributed by atoms with Crippen molar-refractivity contribution < 1.29 is 9.59 Å². The van der Waals surface area contributed by atoms with Gasteiger partial charge < -0.3 is 9.80 Å². The van der Waals surface area contributed by atoms with Gasteiger partial charge in [0.2, 0.25) is 11.8 Å². The third-order valence-corrected chi connectivity index (χ3v) is 5.06. The summed E-state index contributed by atoms with van der Waals surface area (Å²) in [7, 11) is 0. The van der Waals surface area contributed by atoms with Crippen molar-refractivity contribution in [3.63, 3.8) is 0 Å². The van der Waals surface area contributed by atoms with E-state index in [4.69, 9.17) is 0 Å². The summed E-state index contributed by atoms with van der Waals surface area (Å²) in [5.41, 5.74) is 1.31. The zero-order valence-corrected chi connectivity index (χ0v) is 14.6. The Hall–Kier alpha value is -1.88. The molecule has 5 nitrogen and oxygen atoms in total. The van der Waals surface area contributed by atoms with Gasteiger partial charge in [-0.1, -0.05) is 30.3 Å². The molecule has 2 heterocycles. The van der Waals surface area contributed by atoms with E-state index in [1.807, 2.05) is 29.7 Å². The van der Waals surface area contributed by atoms with Crippen LogP contribution in [-0.2, 0) is 16.1 Å². The van der Waals surface area contributed by atoms with Gasteiger partial charge in [0.05, 0.1) is 5.92 Å². The van der Waals surface area contributed by atoms with Gasteiger partial charge in [-0.25, -0.2) is 0 Å². The monoisotopic (exact) mass is 329 g/mol. The number of benzene rings is 1. The van der Waals surface area contributed by atoms with Crippen LogP contribution < -0.4 is 0 Å². The predicted molar refractivity (Wildman–Crippen MR) is 93.3 cm³/mol. The number of nitrogens with zero attached hydrogens (tertiary/aromatic N) is 3. The van der Waals surface area contributed by atoms with E-state index < -0.39 is 0 Å². The molecule has 24 heavy (non-hydrogen) atoms. The maximum atomic E-state index is 12.7. The van der Waals surface area contributed by atoms with Crippen LogP contribution in [0.25, 0.3) is 0 Å². The predicted octanol–water partition coefficient (Wildman–Crippen LogP) is 1.59. The fraction of sp³-hybridized carbons (Fsp3) is 0.579. The molecule has 130 valence electrons. The second kappa shape index (κ2) is 7.34. The highest BCUT2D eigenvalue weighted by Crippen LogP contribution is 2.23. The first-order valence-electron chi connectivity index (χ1n) is 8.89. The van der Waals surface area contributed by atoms with E-state index >= 15 is 0 Å². The SMILES string of the molecule is CC(C)N1C[C@H](C(=O)N2CCN(Cc3ccccc3)CC2)CC1=O. The molecule has 0 N–H and O–H groups in total. The number of hydrogen-bond acceptors (Lipinski definition) is 3. The molecule has 0 unspecified atom stereocenters. The summed E-state index contributed by atoms with van der Waals surface area (Å²) in [4.78, 5) is 30.9. The van der Waals surface area contributed by atoms with Gasteiger partial charge in [0.25, 0.3) is 0 Å². The van der Waals surface area contributed by atoms with Gasteiger partial charge in [0.15, 0.2) is 0 Å². The third-order valence-electron chi connectivity index (χ3n) is 5.06. The molecule has 0 aliphatic carbocycles. The van der Waals surface area contributed by atoms with Gasteiger partial charge in [-0.3, -0.25) is 14.5 Å². The van der Waals surface area contributed by atoms with Crippen molar-refractivity contribution in [2.75, 3.05) is 32.7 Å². The Bertz CT molecular complexity index is 580. The maximum absolute atomic E-state index is 12.7. The van der Waals surface area contributed by atoms with E-state index in [2.05, 4.69) is 29.2 Å². The molecular formula is C19H27N3O2. The molecule has 1 aromatic carbocycles. The molecule has 3 rings (SSSR count). The highest BCUT2D eigenvalue weighted by Gasteiger charge is 2.38. The number of likely N-dealkylation sites (tertiary alicyclic amines) is 1. The minimum absolute atomic E-state index is 0.117. The zero-order chi connectivity index (χ0) is 17.1. The van der Waals surface area contributed by atoms with Crippen LogP contribution in [0, 0.1) is 5.92 Å². The summed E-state index contributed by atoms with van der Waals surface area (Å²) in [6.45, 7) is 8.85. The average molecular weight is 329 g/mol. The lowest BCUT2D eigenvalue weighted by Crippen LogP contribution is -2.50. The fourth-order valence-corrected chi connectivity index (χ4v) is 3.62. The highest BCUT2D eigenvalue weighted by atomic mass is 16.2. The van der Waals surface area contributed by atoms with Gasteiger partial charge in [-0.2, -0.15) is 0 Å². The number of carbonyl (C=O) groups is 2. The number of amides is 2. The summed E-state index contributed by atoms with van der Waals surface area (Å²) in [5.74, 6) is 0.123. The Morgan fingerprint density at radius 2 is 1.79 bits per heavy atom. The molecule has 0 radical (unpaired) electrons. The summed E-state index contributed by atoms with van der Waals surface area (Å²) in [6, 6.07) is 10.6. The van der Waals surface area contributed by atoms with Crippen molar-refractivity contribution in [1.82, 2.24) is 14.7 Å². The van der Waals surface area contributed by atoms with Crippen molar-refractivity contribution in [3.8, 4) is 0 Å². The van der Waals surface area contributed by atoms with Crippen molar-refractivity contribution in [2.45, 2.75) is 32.9 Å². The number of carbonyl (C=O) groups excluding carboxylic acids is 2. The van der Waals surface area contributed by atoms with E-state index in [1.54, 1.807) is 0 Å². The molecule has 0 saturated carbocycles. The molecule has 0 aromatic heterocycles. The Morgan fingerprint density at radius 1 is 1.12 bits per heavy atom. The van der Waals surface area contributed by atoms with Crippen LogP contribution in [-0.4, -0.2) is 65.3 Å². The molecule has 1 aromatic rings. The Morgan fingerprint density at radius 3 is 2.38 bits per heavy atom. The summed E-state index contributed by atoms with van der Waals surface area (Å²) in [5, 5.41) is 0. The molecule has 1 atom stereocenters. The molecule has 5 heteroatoms. The second-order valence-corrected chi connectivity index (χ2v) is 7.13. The largest absolute Gasteiger partial charge is 0.340 e. The van der Waals surface area contributed by atoms with Gasteiger partial charge in [0.1, 0.15) is 0 Å². The third kappa shape index (κ3) is 3.78. The minimum atomic E-state index is -0.152. The smallest absolute Gasteiger partial charge is 0.228 e. The molecule has 2 saturated heterocycles. The fourth-order valence-electron chi connectivity index (χ4n) is 3.62. The molecular weight excluding hydrogens is 302 g/mol. The Labute approximate surface area is 144 Å². The number of piperazine rings is 1. The van der Waals surface area contributed by atoms with E-state index in [0.29, 0.717) is 13.0 Å².